The first-order valence-corrected chi connectivity index (χ1v) is 7.55. The summed E-state index contributed by atoms with van der Waals surface area (Å²) in [4.78, 5) is 0. The number of benzene rings is 2. The number of ether oxygens (including phenoxy) is 2. The first-order chi connectivity index (χ1) is 10.6. The molecule has 112 valence electrons. The third kappa shape index (κ3) is 4.12. The van der Waals surface area contributed by atoms with E-state index in [9.17, 15) is 0 Å². The van der Waals surface area contributed by atoms with E-state index in [-0.39, 0.29) is 0 Å². The van der Waals surface area contributed by atoms with E-state index in [1.54, 1.807) is 13.2 Å². The summed E-state index contributed by atoms with van der Waals surface area (Å²) in [5.74, 6) is 1.29. The minimum Gasteiger partial charge on any atom is -0.493 e. The lowest BCUT2D eigenvalue weighted by Gasteiger charge is -2.13. The molecule has 0 N–H and O–H groups in total. The van der Waals surface area contributed by atoms with E-state index in [1.165, 1.54) is 11.6 Å². The van der Waals surface area contributed by atoms with Crippen LogP contribution in [0.5, 0.6) is 11.5 Å². The lowest BCUT2D eigenvalue weighted by molar-refractivity contribution is 0.284. The van der Waals surface area contributed by atoms with Crippen LogP contribution in [0.2, 0.25) is 0 Å². The van der Waals surface area contributed by atoms with Gasteiger partial charge < -0.3 is 9.47 Å². The summed E-state index contributed by atoms with van der Waals surface area (Å²) in [5.41, 5.74) is 3.18. The topological polar surface area (TPSA) is 42.2 Å². The van der Waals surface area contributed by atoms with E-state index < -0.39 is 0 Å². The van der Waals surface area contributed by atoms with E-state index in [0.717, 1.165) is 15.6 Å². The van der Waals surface area contributed by atoms with Crippen molar-refractivity contribution in [2.75, 3.05) is 7.11 Å². The molecule has 0 aliphatic carbocycles. The molecule has 0 atom stereocenters. The van der Waals surface area contributed by atoms with Gasteiger partial charge in [0, 0.05) is 10.5 Å². The third-order valence-corrected chi connectivity index (χ3v) is 3.82. The average molecular weight is 358 g/mol. The normalized spacial score (nSPS) is 10.5. The molecule has 2 aromatic carbocycles. The van der Waals surface area contributed by atoms with Gasteiger partial charge in [-0.1, -0.05) is 45.8 Å². The highest BCUT2D eigenvalue weighted by Gasteiger charge is 2.09. The van der Waals surface area contributed by atoms with Crippen LogP contribution in [0.1, 0.15) is 16.7 Å². The molecule has 22 heavy (non-hydrogen) atoms. The zero-order chi connectivity index (χ0) is 15.9. The first kappa shape index (κ1) is 16.1. The highest BCUT2D eigenvalue weighted by atomic mass is 79.9. The molecule has 0 heterocycles. The first-order valence-electron chi connectivity index (χ1n) is 6.76. The Bertz CT molecular complexity index is 715. The van der Waals surface area contributed by atoms with Gasteiger partial charge in [-0.3, -0.25) is 0 Å². The molecule has 0 aliphatic heterocycles. The van der Waals surface area contributed by atoms with Crippen molar-refractivity contribution >= 4 is 22.0 Å². The average Bonchev–Trinajstić information content (AvgIpc) is 2.53. The van der Waals surface area contributed by atoms with Crippen molar-refractivity contribution in [2.24, 2.45) is 0 Å². The Hall–Kier alpha value is -2.25. The Kier molecular flexibility index (Phi) is 5.62. The summed E-state index contributed by atoms with van der Waals surface area (Å²) in [6, 6.07) is 13.9. The predicted molar refractivity (Wildman–Crippen MR) is 90.9 cm³/mol. The molecule has 0 unspecified atom stereocenters. The Morgan fingerprint density at radius 1 is 1.18 bits per heavy atom. The van der Waals surface area contributed by atoms with Crippen molar-refractivity contribution in [3.05, 3.63) is 63.6 Å². The highest BCUT2D eigenvalue weighted by molar-refractivity contribution is 9.10. The van der Waals surface area contributed by atoms with E-state index in [0.29, 0.717) is 18.1 Å². The summed E-state index contributed by atoms with van der Waals surface area (Å²) in [6.07, 6.45) is 3.14. The van der Waals surface area contributed by atoms with Crippen LogP contribution in [0.25, 0.3) is 6.08 Å². The Morgan fingerprint density at radius 3 is 2.55 bits per heavy atom. The molecule has 0 saturated heterocycles. The summed E-state index contributed by atoms with van der Waals surface area (Å²) in [5, 5.41) is 8.62. The van der Waals surface area contributed by atoms with Crippen LogP contribution in [-0.4, -0.2) is 7.11 Å². The van der Waals surface area contributed by atoms with E-state index in [4.69, 9.17) is 14.7 Å². The molecular weight excluding hydrogens is 342 g/mol. The largest absolute Gasteiger partial charge is 0.493 e. The molecule has 2 rings (SSSR count). The molecule has 0 aliphatic rings. The smallest absolute Gasteiger partial charge is 0.162 e. The maximum absolute atomic E-state index is 8.62. The second-order valence-electron chi connectivity index (χ2n) is 4.76. The number of halogens is 1. The molecule has 0 radical (unpaired) electrons. The number of hydrogen-bond donors (Lipinski definition) is 0. The van der Waals surface area contributed by atoms with Gasteiger partial charge in [0.25, 0.3) is 0 Å². The molecule has 4 heteroatoms. The van der Waals surface area contributed by atoms with Crippen molar-refractivity contribution in [1.29, 1.82) is 5.26 Å². The van der Waals surface area contributed by atoms with Crippen LogP contribution in [0.4, 0.5) is 0 Å². The number of rotatable bonds is 5. The number of nitriles is 1. The Morgan fingerprint density at radius 2 is 1.91 bits per heavy atom. The Balaban J connectivity index is 2.20. The van der Waals surface area contributed by atoms with Crippen molar-refractivity contribution in [2.45, 2.75) is 13.5 Å². The summed E-state index contributed by atoms with van der Waals surface area (Å²) in [6.45, 7) is 2.52. The summed E-state index contributed by atoms with van der Waals surface area (Å²) in [7, 11) is 1.60. The maximum Gasteiger partial charge on any atom is 0.162 e. The lowest BCUT2D eigenvalue weighted by Crippen LogP contribution is -1.98. The quantitative estimate of drug-likeness (QED) is 0.716. The van der Waals surface area contributed by atoms with Crippen LogP contribution < -0.4 is 9.47 Å². The number of aryl methyl sites for hydroxylation is 1. The van der Waals surface area contributed by atoms with Crippen molar-refractivity contribution in [3.8, 4) is 17.6 Å². The van der Waals surface area contributed by atoms with Gasteiger partial charge in [-0.25, -0.2) is 0 Å². The van der Waals surface area contributed by atoms with E-state index in [1.807, 2.05) is 30.3 Å². The number of hydrogen-bond acceptors (Lipinski definition) is 3. The molecule has 0 amide bonds. The second kappa shape index (κ2) is 7.67. The minimum absolute atomic E-state index is 0.469. The number of allylic oxidation sites excluding steroid dienone is 1. The fourth-order valence-corrected chi connectivity index (χ4v) is 2.38. The van der Waals surface area contributed by atoms with Crippen molar-refractivity contribution < 1.29 is 9.47 Å². The molecule has 0 bridgehead atoms. The van der Waals surface area contributed by atoms with Crippen LogP contribution >= 0.6 is 15.9 Å². The van der Waals surface area contributed by atoms with Crippen molar-refractivity contribution in [1.82, 2.24) is 0 Å². The van der Waals surface area contributed by atoms with Gasteiger partial charge in [0.2, 0.25) is 0 Å². The van der Waals surface area contributed by atoms with E-state index >= 15 is 0 Å². The minimum atomic E-state index is 0.469. The van der Waals surface area contributed by atoms with Crippen molar-refractivity contribution in [3.63, 3.8) is 0 Å². The maximum atomic E-state index is 8.62. The van der Waals surface area contributed by atoms with Crippen LogP contribution in [-0.2, 0) is 6.61 Å². The van der Waals surface area contributed by atoms with Gasteiger partial charge in [-0.2, -0.15) is 5.26 Å². The van der Waals surface area contributed by atoms with Gasteiger partial charge >= 0.3 is 0 Å². The summed E-state index contributed by atoms with van der Waals surface area (Å²) >= 11 is 3.48. The number of methoxy groups -OCH3 is 1. The van der Waals surface area contributed by atoms with Gasteiger partial charge in [-0.15, -0.1) is 0 Å². The van der Waals surface area contributed by atoms with Crippen LogP contribution in [0, 0.1) is 18.3 Å². The third-order valence-electron chi connectivity index (χ3n) is 3.14. The van der Waals surface area contributed by atoms with Crippen LogP contribution in [0.3, 0.4) is 0 Å². The molecule has 2 aromatic rings. The predicted octanol–water partition coefficient (Wildman–Crippen LogP) is 4.88. The Labute approximate surface area is 138 Å². The number of nitrogens with zero attached hydrogens (tertiary/aromatic N) is 1. The molecule has 0 aromatic heterocycles. The van der Waals surface area contributed by atoms with Crippen LogP contribution in [0.15, 0.2) is 46.9 Å². The fourth-order valence-electron chi connectivity index (χ4n) is 1.92. The van der Waals surface area contributed by atoms with Gasteiger partial charge in [0.05, 0.1) is 13.2 Å². The summed E-state index contributed by atoms with van der Waals surface area (Å²) < 4.78 is 12.1. The fraction of sp³-hybridized carbons (Fsp3) is 0.167. The lowest BCUT2D eigenvalue weighted by atomic mass is 10.1. The zero-order valence-electron chi connectivity index (χ0n) is 12.5. The van der Waals surface area contributed by atoms with Gasteiger partial charge in [-0.05, 0) is 36.3 Å². The molecule has 0 fully saturated rings. The molecular formula is C18H16BrNO2. The molecule has 0 saturated carbocycles. The van der Waals surface area contributed by atoms with E-state index in [2.05, 4.69) is 35.0 Å². The van der Waals surface area contributed by atoms with Gasteiger partial charge in [0.15, 0.2) is 11.5 Å². The molecule has 0 spiro atoms. The second-order valence-corrected chi connectivity index (χ2v) is 5.62. The standard InChI is InChI=1S/C18H16BrNO2/c1-13-5-7-14(8-6-13)12-22-18-11-16(19)15(4-3-9-20)10-17(18)21-2/h3-8,10-11H,12H2,1-2H3/b4-3+. The highest BCUT2D eigenvalue weighted by Crippen LogP contribution is 2.34. The van der Waals surface area contributed by atoms with Gasteiger partial charge in [0.1, 0.15) is 6.61 Å². The molecule has 3 nitrogen and oxygen atoms in total. The SMILES string of the molecule is COc1cc(/C=C/C#N)c(Br)cc1OCc1ccc(C)cc1. The monoisotopic (exact) mass is 357 g/mol. The zero-order valence-corrected chi connectivity index (χ0v) is 14.1.